The summed E-state index contributed by atoms with van der Waals surface area (Å²) in [5, 5.41) is 28.0. The van der Waals surface area contributed by atoms with E-state index in [9.17, 15) is 9.90 Å². The number of benzene rings is 1. The molecule has 0 bridgehead atoms. The van der Waals surface area contributed by atoms with Gasteiger partial charge in [0.1, 0.15) is 0 Å². The van der Waals surface area contributed by atoms with Gasteiger partial charge < -0.3 is 25.4 Å². The Bertz CT molecular complexity index is 571. The van der Waals surface area contributed by atoms with Crippen molar-refractivity contribution in [3.05, 3.63) is 23.8 Å². The Morgan fingerprint density at radius 1 is 0.971 bits per heavy atom. The quantitative estimate of drug-likeness (QED) is 0.270. The number of aliphatic hydroxyl groups is 2. The summed E-state index contributed by atoms with van der Waals surface area (Å²) in [7, 11) is 1.51. The summed E-state index contributed by atoms with van der Waals surface area (Å²) in [5.74, 6) is 2.27. The minimum absolute atomic E-state index is 0.0795. The van der Waals surface area contributed by atoms with Crippen molar-refractivity contribution in [3.63, 3.8) is 0 Å². The average Bonchev–Trinajstić information content (AvgIpc) is 2.76. The first-order chi connectivity index (χ1) is 15.9. The van der Waals surface area contributed by atoms with E-state index in [1.54, 1.807) is 39.0 Å². The molecule has 0 fully saturated rings. The van der Waals surface area contributed by atoms with Crippen LogP contribution in [0.4, 0.5) is 0 Å². The van der Waals surface area contributed by atoms with Crippen LogP contribution in [-0.2, 0) is 11.3 Å². The molecule has 202 valence electrons. The van der Waals surface area contributed by atoms with Gasteiger partial charge in [-0.3, -0.25) is 4.79 Å². The predicted octanol–water partition coefficient (Wildman–Crippen LogP) is 6.45. The summed E-state index contributed by atoms with van der Waals surface area (Å²) in [6.07, 6.45) is 7.52. The molecule has 6 nitrogen and oxygen atoms in total. The summed E-state index contributed by atoms with van der Waals surface area (Å²) in [4.78, 5) is 11.8. The van der Waals surface area contributed by atoms with E-state index in [1.807, 2.05) is 0 Å². The molecule has 6 heteroatoms. The van der Waals surface area contributed by atoms with Gasteiger partial charge in [-0.2, -0.15) is 0 Å². The SMILES string of the molecule is CC(C)O.CCC(C)C.CCO.COc1cc(CNC(=O)CCCCCCC(C)C)ccc1O. The molecule has 1 aromatic rings. The van der Waals surface area contributed by atoms with Gasteiger partial charge in [0, 0.05) is 25.7 Å². The highest BCUT2D eigenvalue weighted by atomic mass is 16.5. The van der Waals surface area contributed by atoms with Crippen LogP contribution in [0.15, 0.2) is 18.2 Å². The van der Waals surface area contributed by atoms with Gasteiger partial charge in [0.15, 0.2) is 11.5 Å². The van der Waals surface area contributed by atoms with Gasteiger partial charge in [-0.15, -0.1) is 0 Å². The second kappa shape index (κ2) is 25.8. The fourth-order valence-corrected chi connectivity index (χ4v) is 2.31. The molecule has 34 heavy (non-hydrogen) atoms. The van der Waals surface area contributed by atoms with Crippen molar-refractivity contribution in [2.75, 3.05) is 13.7 Å². The van der Waals surface area contributed by atoms with E-state index in [-0.39, 0.29) is 24.4 Å². The highest BCUT2D eigenvalue weighted by Gasteiger charge is 2.05. The number of carbonyl (C=O) groups is 1. The third-order valence-corrected chi connectivity index (χ3v) is 4.49. The first kappa shape index (κ1) is 36.8. The van der Waals surface area contributed by atoms with Crippen molar-refractivity contribution in [1.29, 1.82) is 0 Å². The zero-order chi connectivity index (χ0) is 26.9. The van der Waals surface area contributed by atoms with Crippen LogP contribution in [-0.4, -0.2) is 41.0 Å². The van der Waals surface area contributed by atoms with Gasteiger partial charge in [-0.05, 0) is 56.7 Å². The monoisotopic (exact) mass is 485 g/mol. The Hall–Kier alpha value is -1.79. The topological polar surface area (TPSA) is 99.0 Å². The van der Waals surface area contributed by atoms with Crippen LogP contribution in [0.2, 0.25) is 0 Å². The largest absolute Gasteiger partial charge is 0.504 e. The zero-order valence-corrected chi connectivity index (χ0v) is 23.5. The Labute approximate surface area is 210 Å². The van der Waals surface area contributed by atoms with E-state index in [2.05, 4.69) is 39.9 Å². The molecule has 1 aromatic carbocycles. The lowest BCUT2D eigenvalue weighted by Gasteiger charge is -2.08. The lowest BCUT2D eigenvalue weighted by molar-refractivity contribution is -0.121. The van der Waals surface area contributed by atoms with Crippen molar-refractivity contribution < 1.29 is 24.9 Å². The lowest BCUT2D eigenvalue weighted by Crippen LogP contribution is -2.22. The van der Waals surface area contributed by atoms with Crippen molar-refractivity contribution in [2.24, 2.45) is 11.8 Å². The number of carbonyl (C=O) groups excluding carboxylic acids is 1. The van der Waals surface area contributed by atoms with E-state index < -0.39 is 0 Å². The van der Waals surface area contributed by atoms with Crippen molar-refractivity contribution in [2.45, 2.75) is 113 Å². The first-order valence-electron chi connectivity index (χ1n) is 12.9. The second-order valence-electron chi connectivity index (χ2n) is 9.34. The molecule has 0 aliphatic rings. The molecule has 0 atom stereocenters. The number of methoxy groups -OCH3 is 1. The zero-order valence-electron chi connectivity index (χ0n) is 23.5. The molecule has 0 aromatic heterocycles. The molecule has 0 heterocycles. The van der Waals surface area contributed by atoms with Crippen LogP contribution < -0.4 is 10.1 Å². The molecule has 0 spiro atoms. The van der Waals surface area contributed by atoms with E-state index in [0.717, 1.165) is 30.2 Å². The number of phenolic OH excluding ortho intramolecular Hbond substituents is 1. The molecule has 0 saturated heterocycles. The third kappa shape index (κ3) is 30.2. The number of ether oxygens (including phenoxy) is 1. The highest BCUT2D eigenvalue weighted by Crippen LogP contribution is 2.26. The standard InChI is InChI=1S/C18H29NO3.C5H12.C3H8O.C2H6O/c1-14(2)8-6-4-5-7-9-18(21)19-13-15-10-11-16(20)17(12-15)22-3;1-4-5(2)3;1-3(2)4;1-2-3/h10-12,14,20H,4-9,13H2,1-3H3,(H,19,21);5H,4H2,1-3H3;3-4H,1-2H3;3H,2H2,1H3. The maximum atomic E-state index is 11.8. The number of aliphatic hydroxyl groups excluding tert-OH is 2. The number of hydrogen-bond donors (Lipinski definition) is 4. The normalized spacial score (nSPS) is 9.94. The average molecular weight is 486 g/mol. The smallest absolute Gasteiger partial charge is 0.220 e. The number of rotatable bonds is 11. The van der Waals surface area contributed by atoms with Gasteiger partial charge in [0.05, 0.1) is 7.11 Å². The summed E-state index contributed by atoms with van der Waals surface area (Å²) >= 11 is 0. The maximum Gasteiger partial charge on any atom is 0.220 e. The fourth-order valence-electron chi connectivity index (χ4n) is 2.31. The molecule has 1 amide bonds. The minimum Gasteiger partial charge on any atom is -0.504 e. The number of unbranched alkanes of at least 4 members (excludes halogenated alkanes) is 3. The molecule has 4 N–H and O–H groups in total. The number of hydrogen-bond acceptors (Lipinski definition) is 5. The van der Waals surface area contributed by atoms with Gasteiger partial charge in [0.25, 0.3) is 0 Å². The Morgan fingerprint density at radius 3 is 1.91 bits per heavy atom. The second-order valence-corrected chi connectivity index (χ2v) is 9.34. The molecule has 0 aliphatic carbocycles. The molecule has 1 rings (SSSR count). The number of aromatic hydroxyl groups is 1. The van der Waals surface area contributed by atoms with Gasteiger partial charge in [-0.1, -0.05) is 72.8 Å². The maximum absolute atomic E-state index is 11.8. The van der Waals surface area contributed by atoms with Crippen LogP contribution in [0, 0.1) is 11.8 Å². The Morgan fingerprint density at radius 2 is 1.47 bits per heavy atom. The van der Waals surface area contributed by atoms with Crippen molar-refractivity contribution in [1.82, 2.24) is 5.32 Å². The minimum atomic E-state index is -0.167. The fraction of sp³-hybridized carbons (Fsp3) is 0.750. The predicted molar refractivity (Wildman–Crippen MR) is 144 cm³/mol. The third-order valence-electron chi connectivity index (χ3n) is 4.49. The highest BCUT2D eigenvalue weighted by molar-refractivity contribution is 5.75. The van der Waals surface area contributed by atoms with Crippen LogP contribution in [0.5, 0.6) is 11.5 Å². The van der Waals surface area contributed by atoms with Crippen molar-refractivity contribution in [3.8, 4) is 11.5 Å². The number of phenols is 1. The molecular formula is C28H55NO5. The van der Waals surface area contributed by atoms with Crippen molar-refractivity contribution >= 4 is 5.91 Å². The van der Waals surface area contributed by atoms with E-state index in [0.29, 0.717) is 18.7 Å². The van der Waals surface area contributed by atoms with Crippen LogP contribution in [0.25, 0.3) is 0 Å². The van der Waals surface area contributed by atoms with E-state index in [1.165, 1.54) is 32.8 Å². The summed E-state index contributed by atoms with van der Waals surface area (Å²) in [6.45, 7) is 17.0. The lowest BCUT2D eigenvalue weighted by atomic mass is 10.0. The number of nitrogens with one attached hydrogen (secondary N) is 1. The van der Waals surface area contributed by atoms with E-state index >= 15 is 0 Å². The summed E-state index contributed by atoms with van der Waals surface area (Å²) < 4.78 is 5.05. The molecule has 0 aliphatic heterocycles. The van der Waals surface area contributed by atoms with Gasteiger partial charge >= 0.3 is 0 Å². The Kier molecular flexibility index (Phi) is 27.9. The molecular weight excluding hydrogens is 430 g/mol. The molecule has 0 unspecified atom stereocenters. The number of amides is 1. The summed E-state index contributed by atoms with van der Waals surface area (Å²) in [6, 6.07) is 5.10. The van der Waals surface area contributed by atoms with Crippen LogP contribution in [0.1, 0.15) is 106 Å². The van der Waals surface area contributed by atoms with Crippen LogP contribution in [0.3, 0.4) is 0 Å². The summed E-state index contributed by atoms with van der Waals surface area (Å²) in [5.41, 5.74) is 0.917. The van der Waals surface area contributed by atoms with Crippen LogP contribution >= 0.6 is 0 Å². The first-order valence-corrected chi connectivity index (χ1v) is 12.9. The molecule has 0 saturated carbocycles. The van der Waals surface area contributed by atoms with E-state index in [4.69, 9.17) is 14.9 Å². The van der Waals surface area contributed by atoms with Gasteiger partial charge in [0.2, 0.25) is 5.91 Å². The Balaban J connectivity index is -0.000000662. The van der Waals surface area contributed by atoms with Gasteiger partial charge in [-0.25, -0.2) is 0 Å². The molecule has 0 radical (unpaired) electrons.